The normalized spacial score (nSPS) is 17.1. The molecule has 1 fully saturated rings. The fraction of sp³-hybridized carbons (Fsp3) is 0.750. The van der Waals surface area contributed by atoms with Gasteiger partial charge in [-0.3, -0.25) is 0 Å². The predicted molar refractivity (Wildman–Crippen MR) is 63.0 cm³/mol. The van der Waals surface area contributed by atoms with Crippen molar-refractivity contribution in [3.8, 4) is 0 Å². The van der Waals surface area contributed by atoms with E-state index in [9.17, 15) is 0 Å². The number of anilines is 1. The second kappa shape index (κ2) is 5.19. The lowest BCUT2D eigenvalue weighted by molar-refractivity contribution is 0.460. The summed E-state index contributed by atoms with van der Waals surface area (Å²) < 4.78 is 2.24. The van der Waals surface area contributed by atoms with Crippen molar-refractivity contribution in [1.29, 1.82) is 0 Å². The van der Waals surface area contributed by atoms with Crippen molar-refractivity contribution in [2.24, 2.45) is 5.92 Å². The standard InChI is InChI=1S/C12H21N3/c1-2-13-12-14-8-10-15(12)9-7-11-5-3-4-6-11/h8,10-11H,2-7,9H2,1H3,(H,13,14). The average molecular weight is 207 g/mol. The van der Waals surface area contributed by atoms with Crippen LogP contribution in [0.2, 0.25) is 0 Å². The van der Waals surface area contributed by atoms with Gasteiger partial charge < -0.3 is 9.88 Å². The van der Waals surface area contributed by atoms with Gasteiger partial charge in [-0.05, 0) is 19.3 Å². The quantitative estimate of drug-likeness (QED) is 0.804. The highest BCUT2D eigenvalue weighted by atomic mass is 15.2. The van der Waals surface area contributed by atoms with Crippen LogP contribution in [0.15, 0.2) is 12.4 Å². The maximum absolute atomic E-state index is 4.30. The van der Waals surface area contributed by atoms with E-state index in [2.05, 4.69) is 28.0 Å². The van der Waals surface area contributed by atoms with E-state index in [-0.39, 0.29) is 0 Å². The molecule has 1 N–H and O–H groups in total. The first-order chi connectivity index (χ1) is 7.40. The van der Waals surface area contributed by atoms with Crippen molar-refractivity contribution < 1.29 is 0 Å². The van der Waals surface area contributed by atoms with E-state index >= 15 is 0 Å². The molecule has 0 atom stereocenters. The number of aryl methyl sites for hydroxylation is 1. The van der Waals surface area contributed by atoms with Gasteiger partial charge in [0.2, 0.25) is 5.95 Å². The molecule has 0 amide bonds. The van der Waals surface area contributed by atoms with E-state index in [1.807, 2.05) is 6.20 Å². The monoisotopic (exact) mass is 207 g/mol. The number of imidazole rings is 1. The molecule has 15 heavy (non-hydrogen) atoms. The Morgan fingerprint density at radius 2 is 2.27 bits per heavy atom. The zero-order chi connectivity index (χ0) is 10.5. The third-order valence-electron chi connectivity index (χ3n) is 3.30. The summed E-state index contributed by atoms with van der Waals surface area (Å²) in [6.07, 6.45) is 11.0. The molecule has 1 aliphatic rings. The molecule has 0 unspecified atom stereocenters. The lowest BCUT2D eigenvalue weighted by Crippen LogP contribution is -2.08. The van der Waals surface area contributed by atoms with Gasteiger partial charge in [-0.15, -0.1) is 0 Å². The van der Waals surface area contributed by atoms with Gasteiger partial charge in [0.1, 0.15) is 0 Å². The lowest BCUT2D eigenvalue weighted by atomic mass is 10.0. The van der Waals surface area contributed by atoms with Crippen LogP contribution in [-0.2, 0) is 6.54 Å². The zero-order valence-corrected chi connectivity index (χ0v) is 9.58. The maximum atomic E-state index is 4.30. The van der Waals surface area contributed by atoms with Gasteiger partial charge >= 0.3 is 0 Å². The van der Waals surface area contributed by atoms with Crippen LogP contribution in [0.1, 0.15) is 39.0 Å². The molecule has 1 saturated carbocycles. The average Bonchev–Trinajstić information content (AvgIpc) is 2.85. The summed E-state index contributed by atoms with van der Waals surface area (Å²) in [5.41, 5.74) is 0. The van der Waals surface area contributed by atoms with Crippen LogP contribution in [0.3, 0.4) is 0 Å². The molecule has 1 aromatic rings. The summed E-state index contributed by atoms with van der Waals surface area (Å²) in [6, 6.07) is 0. The van der Waals surface area contributed by atoms with Crippen LogP contribution in [0, 0.1) is 5.92 Å². The lowest BCUT2D eigenvalue weighted by Gasteiger charge is -2.11. The fourth-order valence-corrected chi connectivity index (χ4v) is 2.44. The molecule has 0 spiro atoms. The minimum Gasteiger partial charge on any atom is -0.356 e. The Balaban J connectivity index is 1.83. The Morgan fingerprint density at radius 3 is 3.00 bits per heavy atom. The number of rotatable bonds is 5. The molecule has 0 saturated heterocycles. The summed E-state index contributed by atoms with van der Waals surface area (Å²) in [4.78, 5) is 4.30. The topological polar surface area (TPSA) is 29.9 Å². The third-order valence-corrected chi connectivity index (χ3v) is 3.30. The molecule has 84 valence electrons. The summed E-state index contributed by atoms with van der Waals surface area (Å²) in [5.74, 6) is 1.98. The first-order valence-corrected chi connectivity index (χ1v) is 6.15. The zero-order valence-electron chi connectivity index (χ0n) is 9.58. The van der Waals surface area contributed by atoms with E-state index in [1.165, 1.54) is 32.1 Å². The molecule has 0 aromatic carbocycles. The van der Waals surface area contributed by atoms with Crippen molar-refractivity contribution in [3.05, 3.63) is 12.4 Å². The molecule has 3 nitrogen and oxygen atoms in total. The molecule has 1 aromatic heterocycles. The van der Waals surface area contributed by atoms with Crippen molar-refractivity contribution in [2.75, 3.05) is 11.9 Å². The molecule has 0 radical (unpaired) electrons. The minimum absolute atomic E-state index is 0.945. The van der Waals surface area contributed by atoms with Gasteiger partial charge in [-0.2, -0.15) is 0 Å². The van der Waals surface area contributed by atoms with Crippen LogP contribution in [0.5, 0.6) is 0 Å². The van der Waals surface area contributed by atoms with Crippen molar-refractivity contribution in [3.63, 3.8) is 0 Å². The summed E-state index contributed by atoms with van der Waals surface area (Å²) in [5, 5.41) is 3.28. The summed E-state index contributed by atoms with van der Waals surface area (Å²) in [7, 11) is 0. The van der Waals surface area contributed by atoms with Crippen molar-refractivity contribution >= 4 is 5.95 Å². The Kier molecular flexibility index (Phi) is 3.64. The highest BCUT2D eigenvalue weighted by molar-refractivity contribution is 5.25. The second-order valence-electron chi connectivity index (χ2n) is 4.41. The number of hydrogen-bond donors (Lipinski definition) is 1. The van der Waals surface area contributed by atoms with Gasteiger partial charge in [0.15, 0.2) is 0 Å². The molecule has 1 heterocycles. The van der Waals surface area contributed by atoms with E-state index in [1.54, 1.807) is 0 Å². The molecule has 1 aliphatic carbocycles. The number of nitrogens with zero attached hydrogens (tertiary/aromatic N) is 2. The van der Waals surface area contributed by atoms with Crippen LogP contribution in [0.25, 0.3) is 0 Å². The Hall–Kier alpha value is -0.990. The molecule has 0 bridgehead atoms. The van der Waals surface area contributed by atoms with Crippen molar-refractivity contribution in [2.45, 2.75) is 45.6 Å². The third kappa shape index (κ3) is 2.74. The molecule has 3 heteroatoms. The second-order valence-corrected chi connectivity index (χ2v) is 4.41. The number of aromatic nitrogens is 2. The van der Waals surface area contributed by atoms with E-state index in [4.69, 9.17) is 0 Å². The smallest absolute Gasteiger partial charge is 0.202 e. The van der Waals surface area contributed by atoms with Crippen LogP contribution in [-0.4, -0.2) is 16.1 Å². The Labute approximate surface area is 91.9 Å². The van der Waals surface area contributed by atoms with E-state index in [0.717, 1.165) is 25.0 Å². The fourth-order valence-electron chi connectivity index (χ4n) is 2.44. The highest BCUT2D eigenvalue weighted by Gasteiger charge is 2.14. The van der Waals surface area contributed by atoms with Crippen LogP contribution < -0.4 is 5.32 Å². The first-order valence-electron chi connectivity index (χ1n) is 6.15. The summed E-state index contributed by atoms with van der Waals surface area (Å²) >= 11 is 0. The molecule has 0 aliphatic heterocycles. The van der Waals surface area contributed by atoms with Crippen LogP contribution in [0.4, 0.5) is 5.95 Å². The van der Waals surface area contributed by atoms with Gasteiger partial charge in [-0.1, -0.05) is 25.7 Å². The molecule has 2 rings (SSSR count). The number of hydrogen-bond acceptors (Lipinski definition) is 2. The Morgan fingerprint density at radius 1 is 1.47 bits per heavy atom. The molecular formula is C12H21N3. The summed E-state index contributed by atoms with van der Waals surface area (Å²) in [6.45, 7) is 4.17. The van der Waals surface area contributed by atoms with Gasteiger partial charge in [0.25, 0.3) is 0 Å². The largest absolute Gasteiger partial charge is 0.356 e. The Bertz CT molecular complexity index is 287. The number of nitrogens with one attached hydrogen (secondary N) is 1. The minimum atomic E-state index is 0.945. The van der Waals surface area contributed by atoms with E-state index < -0.39 is 0 Å². The maximum Gasteiger partial charge on any atom is 0.202 e. The van der Waals surface area contributed by atoms with Gasteiger partial charge in [-0.25, -0.2) is 4.98 Å². The van der Waals surface area contributed by atoms with E-state index in [0.29, 0.717) is 0 Å². The van der Waals surface area contributed by atoms with Crippen LogP contribution >= 0.6 is 0 Å². The highest BCUT2D eigenvalue weighted by Crippen LogP contribution is 2.28. The predicted octanol–water partition coefficient (Wildman–Crippen LogP) is 2.90. The van der Waals surface area contributed by atoms with Crippen molar-refractivity contribution in [1.82, 2.24) is 9.55 Å². The van der Waals surface area contributed by atoms with Gasteiger partial charge in [0.05, 0.1) is 0 Å². The first kappa shape index (κ1) is 10.5. The molecular weight excluding hydrogens is 186 g/mol. The van der Waals surface area contributed by atoms with Gasteiger partial charge in [0, 0.05) is 25.5 Å². The SMILES string of the molecule is CCNc1nccn1CCC1CCCC1.